The average Bonchev–Trinajstić information content (AvgIpc) is 2.89. The molecule has 1 aromatic rings. The number of rotatable bonds is 2. The van der Waals surface area contributed by atoms with Gasteiger partial charge in [-0.25, -0.2) is 5.43 Å². The molecule has 0 spiro atoms. The normalized spacial score (nSPS) is 40.2. The van der Waals surface area contributed by atoms with E-state index >= 15 is 0 Å². The van der Waals surface area contributed by atoms with Crippen molar-refractivity contribution in [2.24, 2.45) is 22.9 Å². The number of aliphatic hydroxyl groups is 1. The molecular weight excluding hydrogens is 272 g/mol. The third-order valence-electron chi connectivity index (χ3n) is 5.03. The molecule has 2 N–H and O–H groups in total. The third kappa shape index (κ3) is 2.00. The Morgan fingerprint density at radius 2 is 2.10 bits per heavy atom. The van der Waals surface area contributed by atoms with Crippen LogP contribution < -0.4 is 5.43 Å². The lowest BCUT2D eigenvalue weighted by molar-refractivity contribution is -0.0825. The summed E-state index contributed by atoms with van der Waals surface area (Å²) in [6.07, 6.45) is 4.88. The number of hydrazone groups is 1. The first-order chi connectivity index (χ1) is 9.63. The Balaban J connectivity index is 1.52. The fourth-order valence-corrected chi connectivity index (χ4v) is 5.10. The summed E-state index contributed by atoms with van der Waals surface area (Å²) in [7, 11) is 0. The molecule has 4 aliphatic carbocycles. The molecule has 0 aromatic carbocycles. The van der Waals surface area contributed by atoms with Crippen molar-refractivity contribution in [3.8, 4) is 0 Å². The van der Waals surface area contributed by atoms with Gasteiger partial charge in [-0.15, -0.1) is 11.3 Å². The molecule has 5 rings (SSSR count). The van der Waals surface area contributed by atoms with Gasteiger partial charge in [0.1, 0.15) is 0 Å². The molecular formula is C15H18N2O2S. The number of amides is 1. The van der Waals surface area contributed by atoms with E-state index in [0.29, 0.717) is 22.6 Å². The molecule has 20 heavy (non-hydrogen) atoms. The van der Waals surface area contributed by atoms with Crippen LogP contribution in [-0.2, 0) is 0 Å². The first kappa shape index (κ1) is 12.5. The molecule has 4 aliphatic rings. The van der Waals surface area contributed by atoms with Gasteiger partial charge in [0.15, 0.2) is 0 Å². The number of nitrogens with one attached hydrogen (secondary N) is 1. The molecule has 1 amide bonds. The van der Waals surface area contributed by atoms with Crippen molar-refractivity contribution in [2.75, 3.05) is 0 Å². The zero-order chi connectivity index (χ0) is 13.7. The summed E-state index contributed by atoms with van der Waals surface area (Å²) < 4.78 is 0. The standard InChI is InChI=1S/C15H18N2O2S/c18-14(12-2-1-3-20-12)17-16-13-10-4-9-5-11(13)8-15(19,6-9)7-10/h1-3,9-11,19H,4-8H2,(H,17,18)/t9?,10-,11+,15?. The lowest BCUT2D eigenvalue weighted by Gasteiger charge is -2.54. The summed E-state index contributed by atoms with van der Waals surface area (Å²) in [5.74, 6) is 1.27. The van der Waals surface area contributed by atoms with E-state index in [0.717, 1.165) is 37.8 Å². The van der Waals surface area contributed by atoms with E-state index in [1.165, 1.54) is 11.3 Å². The first-order valence-electron chi connectivity index (χ1n) is 7.27. The van der Waals surface area contributed by atoms with Gasteiger partial charge in [0, 0.05) is 17.5 Å². The summed E-state index contributed by atoms with van der Waals surface area (Å²) >= 11 is 1.42. The van der Waals surface area contributed by atoms with Crippen LogP contribution >= 0.6 is 11.3 Å². The Kier molecular flexibility index (Phi) is 2.76. The molecule has 106 valence electrons. The molecule has 4 nitrogen and oxygen atoms in total. The summed E-state index contributed by atoms with van der Waals surface area (Å²) in [6.45, 7) is 0. The molecule has 5 heteroatoms. The fourth-order valence-electron chi connectivity index (χ4n) is 4.48. The lowest BCUT2D eigenvalue weighted by Crippen LogP contribution is -2.55. The van der Waals surface area contributed by atoms with Gasteiger partial charge < -0.3 is 5.11 Å². The number of hydrogen-bond acceptors (Lipinski definition) is 4. The van der Waals surface area contributed by atoms with Crippen LogP contribution in [0, 0.1) is 17.8 Å². The molecule has 2 unspecified atom stereocenters. The topological polar surface area (TPSA) is 61.7 Å². The fraction of sp³-hybridized carbons (Fsp3) is 0.600. The Bertz CT molecular complexity index is 548. The highest BCUT2D eigenvalue weighted by atomic mass is 32.1. The highest BCUT2D eigenvalue weighted by molar-refractivity contribution is 7.12. The Labute approximate surface area is 121 Å². The molecule has 0 radical (unpaired) electrons. The van der Waals surface area contributed by atoms with Crippen LogP contribution in [0.25, 0.3) is 0 Å². The minimum absolute atomic E-state index is 0.125. The maximum absolute atomic E-state index is 11.9. The number of carbonyl (C=O) groups excluding carboxylic acids is 1. The van der Waals surface area contributed by atoms with Crippen LogP contribution in [0.5, 0.6) is 0 Å². The predicted molar refractivity (Wildman–Crippen MR) is 77.7 cm³/mol. The maximum Gasteiger partial charge on any atom is 0.281 e. The number of carbonyl (C=O) groups is 1. The van der Waals surface area contributed by atoms with Gasteiger partial charge >= 0.3 is 0 Å². The van der Waals surface area contributed by atoms with E-state index in [2.05, 4.69) is 10.5 Å². The monoisotopic (exact) mass is 290 g/mol. The Morgan fingerprint density at radius 1 is 1.35 bits per heavy atom. The van der Waals surface area contributed by atoms with E-state index in [1.54, 1.807) is 6.07 Å². The van der Waals surface area contributed by atoms with Crippen molar-refractivity contribution >= 4 is 23.0 Å². The number of nitrogens with zero attached hydrogens (tertiary/aromatic N) is 1. The Morgan fingerprint density at radius 3 is 2.70 bits per heavy atom. The van der Waals surface area contributed by atoms with E-state index in [9.17, 15) is 9.90 Å². The zero-order valence-electron chi connectivity index (χ0n) is 11.2. The average molecular weight is 290 g/mol. The lowest BCUT2D eigenvalue weighted by atomic mass is 9.53. The quantitative estimate of drug-likeness (QED) is 0.822. The van der Waals surface area contributed by atoms with Crippen molar-refractivity contribution in [3.05, 3.63) is 22.4 Å². The third-order valence-corrected chi connectivity index (χ3v) is 5.89. The number of thiophene rings is 1. The van der Waals surface area contributed by atoms with Crippen LogP contribution in [0.2, 0.25) is 0 Å². The molecule has 4 fully saturated rings. The van der Waals surface area contributed by atoms with Crippen molar-refractivity contribution in [1.29, 1.82) is 0 Å². The molecule has 4 bridgehead atoms. The van der Waals surface area contributed by atoms with Crippen molar-refractivity contribution in [1.82, 2.24) is 5.43 Å². The maximum atomic E-state index is 11.9. The van der Waals surface area contributed by atoms with E-state index < -0.39 is 5.60 Å². The Hall–Kier alpha value is -1.20. The number of hydrogen-bond donors (Lipinski definition) is 2. The van der Waals surface area contributed by atoms with Gasteiger partial charge in [-0.1, -0.05) is 6.07 Å². The van der Waals surface area contributed by atoms with Crippen molar-refractivity contribution in [2.45, 2.75) is 37.7 Å². The van der Waals surface area contributed by atoms with E-state index in [-0.39, 0.29) is 5.91 Å². The van der Waals surface area contributed by atoms with Crippen LogP contribution in [0.3, 0.4) is 0 Å². The SMILES string of the molecule is O=C(NN=C1[C@@H]2CC3C[C@H]1CC(O)(C3)C2)c1cccs1. The van der Waals surface area contributed by atoms with E-state index in [1.807, 2.05) is 11.4 Å². The minimum Gasteiger partial charge on any atom is -0.390 e. The highest BCUT2D eigenvalue weighted by Gasteiger charge is 2.53. The van der Waals surface area contributed by atoms with Crippen molar-refractivity contribution in [3.63, 3.8) is 0 Å². The summed E-state index contributed by atoms with van der Waals surface area (Å²) in [6, 6.07) is 3.67. The first-order valence-corrected chi connectivity index (χ1v) is 8.15. The van der Waals surface area contributed by atoms with Crippen LogP contribution in [0.15, 0.2) is 22.6 Å². The minimum atomic E-state index is -0.451. The second-order valence-corrected chi connectivity index (χ2v) is 7.47. The highest BCUT2D eigenvalue weighted by Crippen LogP contribution is 2.54. The van der Waals surface area contributed by atoms with Crippen LogP contribution in [0.4, 0.5) is 0 Å². The van der Waals surface area contributed by atoms with Gasteiger partial charge in [0.25, 0.3) is 5.91 Å². The summed E-state index contributed by atoms with van der Waals surface area (Å²) in [4.78, 5) is 12.6. The van der Waals surface area contributed by atoms with Crippen LogP contribution in [-0.4, -0.2) is 22.3 Å². The van der Waals surface area contributed by atoms with Gasteiger partial charge in [0.2, 0.25) is 0 Å². The molecule has 4 atom stereocenters. The van der Waals surface area contributed by atoms with Crippen molar-refractivity contribution < 1.29 is 9.90 Å². The van der Waals surface area contributed by atoms with Gasteiger partial charge in [0.05, 0.1) is 10.5 Å². The summed E-state index contributed by atoms with van der Waals surface area (Å²) in [5.41, 5.74) is 3.37. The van der Waals surface area contributed by atoms with Crippen LogP contribution in [0.1, 0.15) is 41.8 Å². The largest absolute Gasteiger partial charge is 0.390 e. The molecule has 1 heterocycles. The van der Waals surface area contributed by atoms with E-state index in [4.69, 9.17) is 0 Å². The molecule has 1 aromatic heterocycles. The van der Waals surface area contributed by atoms with Gasteiger partial charge in [-0.3, -0.25) is 4.79 Å². The molecule has 0 saturated heterocycles. The zero-order valence-corrected chi connectivity index (χ0v) is 12.0. The molecule has 4 saturated carbocycles. The van der Waals surface area contributed by atoms with Gasteiger partial charge in [-0.2, -0.15) is 5.10 Å². The smallest absolute Gasteiger partial charge is 0.281 e. The predicted octanol–water partition coefficient (Wildman–Crippen LogP) is 2.40. The second-order valence-electron chi connectivity index (χ2n) is 6.52. The molecule has 0 aliphatic heterocycles. The summed E-state index contributed by atoms with van der Waals surface area (Å²) in [5, 5.41) is 16.8. The second kappa shape index (κ2) is 4.40. The van der Waals surface area contributed by atoms with Gasteiger partial charge in [-0.05, 0) is 49.5 Å².